The van der Waals surface area contributed by atoms with E-state index in [-0.39, 0.29) is 5.75 Å². The maximum atomic E-state index is 9.72. The molecule has 0 fully saturated rings. The van der Waals surface area contributed by atoms with E-state index < -0.39 is 0 Å². The third kappa shape index (κ3) is 1.60. The Bertz CT molecular complexity index is 759. The first-order valence-electron chi connectivity index (χ1n) is 5.23. The number of aromatic nitrogens is 2. The predicted octanol–water partition coefficient (Wildman–Crippen LogP) is 2.94. The Labute approximate surface area is 107 Å². The van der Waals surface area contributed by atoms with Crippen molar-refractivity contribution in [1.29, 1.82) is 5.26 Å². The number of thiazole rings is 1. The lowest BCUT2D eigenvalue weighted by Crippen LogP contribution is -1.82. The van der Waals surface area contributed by atoms with Crippen LogP contribution in [0.3, 0.4) is 0 Å². The summed E-state index contributed by atoms with van der Waals surface area (Å²) in [5, 5.41) is 19.5. The molecule has 5 heteroatoms. The van der Waals surface area contributed by atoms with Gasteiger partial charge >= 0.3 is 0 Å². The van der Waals surface area contributed by atoms with Crippen LogP contribution in [0.5, 0.6) is 5.75 Å². The second kappa shape index (κ2) is 4.09. The van der Waals surface area contributed by atoms with Crippen molar-refractivity contribution < 1.29 is 5.11 Å². The molecular weight excluding hydrogens is 246 g/mol. The molecule has 0 aliphatic carbocycles. The molecule has 2 heterocycles. The van der Waals surface area contributed by atoms with Gasteiger partial charge in [-0.3, -0.25) is 0 Å². The molecule has 2 aromatic heterocycles. The summed E-state index contributed by atoms with van der Waals surface area (Å²) >= 11 is 1.36. The number of hydrogen-bond donors (Lipinski definition) is 1. The standard InChI is InChI=1S/C13H7N3OS/c14-6-9-12-11(10(17)7-15-9)16-13(18-12)8-4-2-1-3-5-8/h1-5,7,17H. The molecule has 0 radical (unpaired) electrons. The highest BCUT2D eigenvalue weighted by Gasteiger charge is 2.13. The van der Waals surface area contributed by atoms with E-state index in [9.17, 15) is 5.11 Å². The largest absolute Gasteiger partial charge is 0.504 e. The minimum absolute atomic E-state index is 0.00225. The molecule has 1 aromatic carbocycles. The number of benzene rings is 1. The first-order chi connectivity index (χ1) is 8.79. The van der Waals surface area contributed by atoms with Crippen LogP contribution in [-0.2, 0) is 0 Å². The number of aromatic hydroxyl groups is 1. The summed E-state index contributed by atoms with van der Waals surface area (Å²) in [4.78, 5) is 8.26. The SMILES string of the molecule is N#Cc1ncc(O)c2nc(-c3ccccc3)sc12. The number of nitriles is 1. The molecule has 0 spiro atoms. The molecule has 3 rings (SSSR count). The van der Waals surface area contributed by atoms with Gasteiger partial charge in [0.25, 0.3) is 0 Å². The average Bonchev–Trinajstić information content (AvgIpc) is 2.86. The van der Waals surface area contributed by atoms with Crippen LogP contribution < -0.4 is 0 Å². The van der Waals surface area contributed by atoms with Gasteiger partial charge in [0.2, 0.25) is 0 Å². The van der Waals surface area contributed by atoms with Crippen molar-refractivity contribution in [3.8, 4) is 22.4 Å². The van der Waals surface area contributed by atoms with Gasteiger partial charge < -0.3 is 5.11 Å². The van der Waals surface area contributed by atoms with Gasteiger partial charge in [-0.05, 0) is 0 Å². The van der Waals surface area contributed by atoms with Crippen LogP contribution >= 0.6 is 11.3 Å². The molecule has 0 aliphatic heterocycles. The van der Waals surface area contributed by atoms with Crippen LogP contribution in [0, 0.1) is 11.3 Å². The highest BCUT2D eigenvalue weighted by Crippen LogP contribution is 2.35. The van der Waals surface area contributed by atoms with Crippen molar-refractivity contribution in [2.24, 2.45) is 0 Å². The lowest BCUT2D eigenvalue weighted by molar-refractivity contribution is 0.478. The summed E-state index contributed by atoms with van der Waals surface area (Å²) in [5.74, 6) is 0.00225. The van der Waals surface area contributed by atoms with E-state index in [0.29, 0.717) is 15.9 Å². The molecule has 86 valence electrons. The zero-order valence-electron chi connectivity index (χ0n) is 9.16. The Morgan fingerprint density at radius 2 is 2.00 bits per heavy atom. The molecule has 4 nitrogen and oxygen atoms in total. The molecule has 1 N–H and O–H groups in total. The Kier molecular flexibility index (Phi) is 2.43. The zero-order valence-corrected chi connectivity index (χ0v) is 9.98. The lowest BCUT2D eigenvalue weighted by Gasteiger charge is -1.93. The molecule has 0 bridgehead atoms. The Balaban J connectivity index is 2.30. The quantitative estimate of drug-likeness (QED) is 0.723. The predicted molar refractivity (Wildman–Crippen MR) is 69.2 cm³/mol. The van der Waals surface area contributed by atoms with Crippen LogP contribution in [0.15, 0.2) is 36.5 Å². The second-order valence-corrected chi connectivity index (χ2v) is 4.67. The fraction of sp³-hybridized carbons (Fsp3) is 0. The van der Waals surface area contributed by atoms with E-state index in [4.69, 9.17) is 5.26 Å². The summed E-state index contributed by atoms with van der Waals surface area (Å²) in [5.41, 5.74) is 1.69. The number of hydrogen-bond acceptors (Lipinski definition) is 5. The molecule has 0 saturated heterocycles. The van der Waals surface area contributed by atoms with Gasteiger partial charge in [0.1, 0.15) is 16.6 Å². The highest BCUT2D eigenvalue weighted by molar-refractivity contribution is 7.21. The molecule has 0 amide bonds. The van der Waals surface area contributed by atoms with Crippen molar-refractivity contribution in [2.45, 2.75) is 0 Å². The fourth-order valence-corrected chi connectivity index (χ4v) is 2.71. The van der Waals surface area contributed by atoms with E-state index in [0.717, 1.165) is 10.6 Å². The summed E-state index contributed by atoms with van der Waals surface area (Å²) in [7, 11) is 0. The van der Waals surface area contributed by atoms with Crippen molar-refractivity contribution in [2.75, 3.05) is 0 Å². The normalized spacial score (nSPS) is 10.4. The van der Waals surface area contributed by atoms with E-state index in [2.05, 4.69) is 9.97 Å². The summed E-state index contributed by atoms with van der Waals surface area (Å²) < 4.78 is 0.622. The van der Waals surface area contributed by atoms with Crippen LogP contribution in [-0.4, -0.2) is 15.1 Å². The van der Waals surface area contributed by atoms with Gasteiger partial charge in [-0.2, -0.15) is 5.26 Å². The monoisotopic (exact) mass is 253 g/mol. The van der Waals surface area contributed by atoms with Crippen molar-refractivity contribution >= 4 is 21.6 Å². The van der Waals surface area contributed by atoms with Gasteiger partial charge in [0.15, 0.2) is 11.4 Å². The fourth-order valence-electron chi connectivity index (χ4n) is 1.68. The molecular formula is C13H7N3OS. The number of fused-ring (bicyclic) bond motifs is 1. The van der Waals surface area contributed by atoms with Crippen LogP contribution in [0.2, 0.25) is 0 Å². The Hall–Kier alpha value is -2.45. The summed E-state index contributed by atoms with van der Waals surface area (Å²) in [6.07, 6.45) is 1.26. The van der Waals surface area contributed by atoms with Gasteiger partial charge in [0, 0.05) is 5.56 Å². The van der Waals surface area contributed by atoms with Crippen molar-refractivity contribution in [1.82, 2.24) is 9.97 Å². The van der Waals surface area contributed by atoms with Gasteiger partial charge in [0.05, 0.1) is 10.9 Å². The minimum Gasteiger partial charge on any atom is -0.504 e. The second-order valence-electron chi connectivity index (χ2n) is 3.67. The number of pyridine rings is 1. The highest BCUT2D eigenvalue weighted by atomic mass is 32.1. The van der Waals surface area contributed by atoms with E-state index in [1.165, 1.54) is 17.5 Å². The summed E-state index contributed by atoms with van der Waals surface area (Å²) in [6, 6.07) is 11.7. The number of rotatable bonds is 1. The molecule has 0 atom stereocenters. The molecule has 3 aromatic rings. The van der Waals surface area contributed by atoms with Crippen LogP contribution in [0.4, 0.5) is 0 Å². The molecule has 18 heavy (non-hydrogen) atoms. The molecule has 0 aliphatic rings. The lowest BCUT2D eigenvalue weighted by atomic mass is 10.2. The van der Waals surface area contributed by atoms with E-state index >= 15 is 0 Å². The van der Waals surface area contributed by atoms with Crippen molar-refractivity contribution in [3.63, 3.8) is 0 Å². The molecule has 0 saturated carbocycles. The first kappa shape index (κ1) is 10.7. The maximum Gasteiger partial charge on any atom is 0.161 e. The zero-order chi connectivity index (χ0) is 12.5. The van der Waals surface area contributed by atoms with Crippen LogP contribution in [0.25, 0.3) is 20.8 Å². The molecule has 0 unspecified atom stereocenters. The number of nitrogens with zero attached hydrogens (tertiary/aromatic N) is 3. The summed E-state index contributed by atoms with van der Waals surface area (Å²) in [6.45, 7) is 0. The van der Waals surface area contributed by atoms with Gasteiger partial charge in [-0.1, -0.05) is 30.3 Å². The Morgan fingerprint density at radius 3 is 2.72 bits per heavy atom. The van der Waals surface area contributed by atoms with Crippen LogP contribution in [0.1, 0.15) is 5.69 Å². The first-order valence-corrected chi connectivity index (χ1v) is 6.05. The van der Waals surface area contributed by atoms with E-state index in [1.54, 1.807) is 0 Å². The third-order valence-corrected chi connectivity index (χ3v) is 3.64. The van der Waals surface area contributed by atoms with Crippen molar-refractivity contribution in [3.05, 3.63) is 42.2 Å². The minimum atomic E-state index is 0.00225. The van der Waals surface area contributed by atoms with E-state index in [1.807, 2.05) is 36.4 Å². The van der Waals surface area contributed by atoms with Gasteiger partial charge in [-0.25, -0.2) is 9.97 Å². The Morgan fingerprint density at radius 1 is 1.22 bits per heavy atom. The third-order valence-electron chi connectivity index (χ3n) is 2.53. The average molecular weight is 253 g/mol. The smallest absolute Gasteiger partial charge is 0.161 e. The van der Waals surface area contributed by atoms with Gasteiger partial charge in [-0.15, -0.1) is 11.3 Å². The maximum absolute atomic E-state index is 9.72. The topological polar surface area (TPSA) is 69.8 Å².